The molecule has 24 heavy (non-hydrogen) atoms. The number of amides is 1. The zero-order valence-electron chi connectivity index (χ0n) is 13.7. The monoisotopic (exact) mass is 327 g/mol. The summed E-state index contributed by atoms with van der Waals surface area (Å²) in [6.45, 7) is 2.04. The second-order valence-corrected chi connectivity index (χ2v) is 6.46. The summed E-state index contributed by atoms with van der Waals surface area (Å²) in [6, 6.07) is 13.7. The van der Waals surface area contributed by atoms with Gasteiger partial charge in [-0.1, -0.05) is 31.2 Å². The summed E-state index contributed by atoms with van der Waals surface area (Å²) in [6.07, 6.45) is 2.12. The van der Waals surface area contributed by atoms with Crippen molar-refractivity contribution in [2.75, 3.05) is 0 Å². The van der Waals surface area contributed by atoms with Crippen LogP contribution in [0.5, 0.6) is 0 Å². The predicted octanol–water partition coefficient (Wildman–Crippen LogP) is 3.77. The number of rotatable bonds is 5. The lowest BCUT2D eigenvalue weighted by atomic mass is 9.76. The quantitative estimate of drug-likeness (QED) is 0.878. The minimum Gasteiger partial charge on any atom is -0.393 e. The summed E-state index contributed by atoms with van der Waals surface area (Å²) in [4.78, 5) is 12.5. The number of benzene rings is 2. The molecular formula is C20H22FNO2. The molecule has 0 unspecified atom stereocenters. The lowest BCUT2D eigenvalue weighted by Gasteiger charge is -2.37. The second-order valence-electron chi connectivity index (χ2n) is 6.46. The number of hydrogen-bond acceptors (Lipinski definition) is 2. The topological polar surface area (TPSA) is 49.3 Å². The number of nitrogens with one attached hydrogen (secondary N) is 1. The summed E-state index contributed by atoms with van der Waals surface area (Å²) in [5.74, 6) is -0.0706. The highest BCUT2D eigenvalue weighted by Crippen LogP contribution is 2.31. The normalized spacial score (nSPS) is 21.0. The van der Waals surface area contributed by atoms with E-state index >= 15 is 0 Å². The van der Waals surface area contributed by atoms with Gasteiger partial charge in [0.1, 0.15) is 5.82 Å². The van der Waals surface area contributed by atoms with E-state index in [1.165, 1.54) is 12.1 Å². The lowest BCUT2D eigenvalue weighted by Crippen LogP contribution is -2.46. The van der Waals surface area contributed by atoms with Crippen LogP contribution >= 0.6 is 0 Å². The van der Waals surface area contributed by atoms with Crippen LogP contribution in [0.2, 0.25) is 0 Å². The highest BCUT2D eigenvalue weighted by molar-refractivity contribution is 5.95. The van der Waals surface area contributed by atoms with Crippen molar-refractivity contribution in [3.63, 3.8) is 0 Å². The van der Waals surface area contributed by atoms with E-state index in [-0.39, 0.29) is 23.9 Å². The molecule has 1 atom stereocenters. The number of halogens is 1. The molecule has 1 fully saturated rings. The molecule has 0 aromatic heterocycles. The van der Waals surface area contributed by atoms with E-state index < -0.39 is 0 Å². The minimum atomic E-state index is -0.294. The van der Waals surface area contributed by atoms with Crippen LogP contribution in [0, 0.1) is 11.7 Å². The third kappa shape index (κ3) is 3.65. The largest absolute Gasteiger partial charge is 0.393 e. The van der Waals surface area contributed by atoms with Crippen molar-refractivity contribution >= 4 is 5.91 Å². The third-order valence-electron chi connectivity index (χ3n) is 4.76. The zero-order valence-corrected chi connectivity index (χ0v) is 13.7. The Morgan fingerprint density at radius 1 is 1.21 bits per heavy atom. The Balaban J connectivity index is 1.74. The molecule has 2 aromatic carbocycles. The van der Waals surface area contributed by atoms with Gasteiger partial charge in [-0.05, 0) is 60.6 Å². The third-order valence-corrected chi connectivity index (χ3v) is 4.76. The van der Waals surface area contributed by atoms with Crippen LogP contribution in [-0.2, 0) is 0 Å². The molecule has 0 aliphatic heterocycles. The van der Waals surface area contributed by atoms with Crippen molar-refractivity contribution in [2.45, 2.75) is 38.3 Å². The number of carbonyl (C=O) groups is 1. The van der Waals surface area contributed by atoms with Gasteiger partial charge in [-0.15, -0.1) is 0 Å². The van der Waals surface area contributed by atoms with Gasteiger partial charge in [0.2, 0.25) is 0 Å². The second kappa shape index (κ2) is 7.14. The molecule has 0 saturated heterocycles. The molecule has 126 valence electrons. The minimum absolute atomic E-state index is 0.0822. The van der Waals surface area contributed by atoms with E-state index in [1.807, 2.05) is 25.1 Å². The first-order chi connectivity index (χ1) is 11.6. The number of aliphatic hydroxyl groups is 1. The lowest BCUT2D eigenvalue weighted by molar-refractivity contribution is 0.0232. The van der Waals surface area contributed by atoms with Crippen LogP contribution in [0.25, 0.3) is 11.1 Å². The first-order valence-electron chi connectivity index (χ1n) is 8.41. The maximum Gasteiger partial charge on any atom is 0.251 e. The molecule has 0 heterocycles. The fraction of sp³-hybridized carbons (Fsp3) is 0.350. The zero-order chi connectivity index (χ0) is 17.1. The van der Waals surface area contributed by atoms with Crippen molar-refractivity contribution in [2.24, 2.45) is 5.92 Å². The van der Waals surface area contributed by atoms with E-state index in [9.17, 15) is 14.3 Å². The van der Waals surface area contributed by atoms with Crippen LogP contribution in [-0.4, -0.2) is 23.2 Å². The maximum atomic E-state index is 13.4. The Morgan fingerprint density at radius 2 is 1.88 bits per heavy atom. The fourth-order valence-corrected chi connectivity index (χ4v) is 3.27. The molecule has 4 heteroatoms. The summed E-state index contributed by atoms with van der Waals surface area (Å²) in [5.41, 5.74) is 2.13. The first-order valence-corrected chi connectivity index (χ1v) is 8.41. The molecule has 0 bridgehead atoms. The molecule has 1 saturated carbocycles. The standard InChI is InChI=1S/C20H22FNO2/c1-2-19(16-11-18(23)12-16)22-20(24)15-7-3-5-13(9-15)14-6-4-8-17(21)10-14/h3-10,16,18-19,23H,2,11-12H2,1H3,(H,22,24)/t16?,18?,19-/m0/s1. The van der Waals surface area contributed by atoms with Crippen molar-refractivity contribution in [1.29, 1.82) is 0 Å². The molecule has 1 aliphatic rings. The molecule has 0 spiro atoms. The van der Waals surface area contributed by atoms with Gasteiger partial charge in [0.15, 0.2) is 0 Å². The van der Waals surface area contributed by atoms with Crippen LogP contribution in [0.3, 0.4) is 0 Å². The highest BCUT2D eigenvalue weighted by atomic mass is 19.1. The maximum absolute atomic E-state index is 13.4. The van der Waals surface area contributed by atoms with Gasteiger partial charge in [-0.2, -0.15) is 0 Å². The molecule has 2 aromatic rings. The predicted molar refractivity (Wildman–Crippen MR) is 92.1 cm³/mol. The Bertz CT molecular complexity index is 725. The average Bonchev–Trinajstić information content (AvgIpc) is 2.57. The Morgan fingerprint density at radius 3 is 2.50 bits per heavy atom. The van der Waals surface area contributed by atoms with Gasteiger partial charge in [-0.25, -0.2) is 4.39 Å². The van der Waals surface area contributed by atoms with Gasteiger partial charge in [0.05, 0.1) is 6.10 Å². The smallest absolute Gasteiger partial charge is 0.251 e. The van der Waals surface area contributed by atoms with Crippen molar-refractivity contribution in [1.82, 2.24) is 5.32 Å². The Kier molecular flexibility index (Phi) is 4.95. The van der Waals surface area contributed by atoms with Crippen molar-refractivity contribution in [3.8, 4) is 11.1 Å². The van der Waals surface area contributed by atoms with Crippen LogP contribution in [0.1, 0.15) is 36.5 Å². The summed E-state index contributed by atoms with van der Waals surface area (Å²) in [7, 11) is 0. The van der Waals surface area contributed by atoms with E-state index in [4.69, 9.17) is 0 Å². The van der Waals surface area contributed by atoms with E-state index in [0.29, 0.717) is 11.5 Å². The average molecular weight is 327 g/mol. The molecule has 3 rings (SSSR count). The Labute approximate surface area is 141 Å². The number of carbonyl (C=O) groups excluding carboxylic acids is 1. The van der Waals surface area contributed by atoms with Gasteiger partial charge in [0.25, 0.3) is 5.91 Å². The molecular weight excluding hydrogens is 305 g/mol. The molecule has 3 nitrogen and oxygen atoms in total. The first kappa shape index (κ1) is 16.7. The van der Waals surface area contributed by atoms with E-state index in [1.54, 1.807) is 18.2 Å². The summed E-state index contributed by atoms with van der Waals surface area (Å²) >= 11 is 0. The van der Waals surface area contributed by atoms with Gasteiger partial charge < -0.3 is 10.4 Å². The van der Waals surface area contributed by atoms with Crippen molar-refractivity contribution < 1.29 is 14.3 Å². The van der Waals surface area contributed by atoms with Crippen LogP contribution in [0.4, 0.5) is 4.39 Å². The Hall–Kier alpha value is -2.20. The molecule has 1 aliphatic carbocycles. The molecule has 1 amide bonds. The fourth-order valence-electron chi connectivity index (χ4n) is 3.27. The number of hydrogen-bond donors (Lipinski definition) is 2. The highest BCUT2D eigenvalue weighted by Gasteiger charge is 2.33. The SMILES string of the molecule is CC[C@H](NC(=O)c1cccc(-c2cccc(F)c2)c1)C1CC(O)C1. The van der Waals surface area contributed by atoms with E-state index in [2.05, 4.69) is 5.32 Å². The summed E-state index contributed by atoms with van der Waals surface area (Å²) < 4.78 is 13.4. The van der Waals surface area contributed by atoms with Crippen LogP contribution < -0.4 is 5.32 Å². The van der Waals surface area contributed by atoms with Gasteiger partial charge in [0, 0.05) is 11.6 Å². The van der Waals surface area contributed by atoms with Gasteiger partial charge in [-0.3, -0.25) is 4.79 Å². The molecule has 0 radical (unpaired) electrons. The van der Waals surface area contributed by atoms with Crippen molar-refractivity contribution in [3.05, 3.63) is 59.9 Å². The van der Waals surface area contributed by atoms with E-state index in [0.717, 1.165) is 30.4 Å². The number of aliphatic hydroxyl groups excluding tert-OH is 1. The van der Waals surface area contributed by atoms with Crippen LogP contribution in [0.15, 0.2) is 48.5 Å². The molecule has 2 N–H and O–H groups in total. The summed E-state index contributed by atoms with van der Waals surface area (Å²) in [5, 5.41) is 12.5. The van der Waals surface area contributed by atoms with Gasteiger partial charge >= 0.3 is 0 Å².